The van der Waals surface area contributed by atoms with Crippen LogP contribution in [0.4, 0.5) is 0 Å². The van der Waals surface area contributed by atoms with Crippen molar-refractivity contribution in [1.29, 1.82) is 0 Å². The molecule has 6 nitrogen and oxygen atoms in total. The quantitative estimate of drug-likeness (QED) is 0.597. The number of nitrogens with one attached hydrogen (secondary N) is 1. The van der Waals surface area contributed by atoms with Crippen molar-refractivity contribution in [1.82, 2.24) is 14.9 Å². The zero-order valence-corrected chi connectivity index (χ0v) is 16.5. The zero-order chi connectivity index (χ0) is 20.0. The molecule has 0 bridgehead atoms. The number of rotatable bonds is 9. The van der Waals surface area contributed by atoms with Crippen molar-refractivity contribution in [2.45, 2.75) is 45.4 Å². The third-order valence-corrected chi connectivity index (χ3v) is 5.30. The Bertz CT molecular complexity index is 908. The molecule has 0 atom stereocenters. The summed E-state index contributed by atoms with van der Waals surface area (Å²) < 4.78 is 7.79. The van der Waals surface area contributed by atoms with Gasteiger partial charge < -0.3 is 20.4 Å². The van der Waals surface area contributed by atoms with Crippen LogP contribution < -0.4 is 15.8 Å². The molecular formula is C22H28N4O2. The van der Waals surface area contributed by atoms with Gasteiger partial charge in [0.2, 0.25) is 5.91 Å². The molecule has 28 heavy (non-hydrogen) atoms. The summed E-state index contributed by atoms with van der Waals surface area (Å²) in [7, 11) is 0. The lowest BCUT2D eigenvalue weighted by molar-refractivity contribution is -0.123. The lowest BCUT2D eigenvalue weighted by Crippen LogP contribution is -2.53. The van der Waals surface area contributed by atoms with Gasteiger partial charge in [0, 0.05) is 6.54 Å². The van der Waals surface area contributed by atoms with Gasteiger partial charge in [0.25, 0.3) is 0 Å². The Balaban J connectivity index is 1.83. The summed E-state index contributed by atoms with van der Waals surface area (Å²) in [6.07, 6.45) is 1.58. The first kappa shape index (κ1) is 19.9. The number of carbonyl (C=O) groups excluding carboxylic acids is 1. The predicted molar refractivity (Wildman–Crippen MR) is 111 cm³/mol. The molecule has 0 aliphatic rings. The summed E-state index contributed by atoms with van der Waals surface area (Å²) in [4.78, 5) is 17.5. The van der Waals surface area contributed by atoms with Crippen LogP contribution in [0.15, 0.2) is 54.6 Å². The van der Waals surface area contributed by atoms with Crippen molar-refractivity contribution >= 4 is 16.9 Å². The van der Waals surface area contributed by atoms with E-state index in [-0.39, 0.29) is 24.6 Å². The van der Waals surface area contributed by atoms with Gasteiger partial charge in [-0.2, -0.15) is 0 Å². The smallest absolute Gasteiger partial charge is 0.240 e. The Morgan fingerprint density at radius 2 is 1.79 bits per heavy atom. The number of benzene rings is 2. The number of nitrogens with zero attached hydrogens (tertiary/aromatic N) is 2. The first-order valence-corrected chi connectivity index (χ1v) is 9.74. The summed E-state index contributed by atoms with van der Waals surface area (Å²) >= 11 is 0. The van der Waals surface area contributed by atoms with Crippen LogP contribution in [0.25, 0.3) is 11.0 Å². The standard InChI is InChI=1S/C22H28N4O2/c1-3-22(4-2,16-23)25-21(27)14-26-19-13-9-8-12-18(19)24-20(26)15-28-17-10-6-5-7-11-17/h5-13H,3-4,14-16,23H2,1-2H3,(H,25,27). The molecule has 2 aromatic carbocycles. The maximum Gasteiger partial charge on any atom is 0.240 e. The molecule has 3 rings (SSSR count). The van der Waals surface area contributed by atoms with Crippen LogP contribution in [0.5, 0.6) is 5.75 Å². The number of ether oxygens (including phenoxy) is 1. The van der Waals surface area contributed by atoms with Crippen molar-refractivity contribution in [2.24, 2.45) is 5.73 Å². The molecule has 3 aromatic rings. The van der Waals surface area contributed by atoms with Gasteiger partial charge in [-0.05, 0) is 37.1 Å². The van der Waals surface area contributed by atoms with E-state index in [1.165, 1.54) is 0 Å². The molecule has 0 saturated carbocycles. The molecule has 0 aliphatic heterocycles. The number of nitrogens with two attached hydrogens (primary N) is 1. The number of fused-ring (bicyclic) bond motifs is 1. The number of imidazole rings is 1. The molecule has 3 N–H and O–H groups in total. The molecule has 148 valence electrons. The molecule has 1 amide bonds. The fourth-order valence-electron chi connectivity index (χ4n) is 3.32. The second-order valence-corrected chi connectivity index (χ2v) is 6.94. The third kappa shape index (κ3) is 4.34. The van der Waals surface area contributed by atoms with E-state index in [9.17, 15) is 4.79 Å². The van der Waals surface area contributed by atoms with Gasteiger partial charge in [0.05, 0.1) is 16.6 Å². The monoisotopic (exact) mass is 380 g/mol. The highest BCUT2D eigenvalue weighted by Gasteiger charge is 2.27. The maximum absolute atomic E-state index is 12.8. The fourth-order valence-corrected chi connectivity index (χ4v) is 3.32. The van der Waals surface area contributed by atoms with Crippen LogP contribution in [0, 0.1) is 0 Å². The van der Waals surface area contributed by atoms with Crippen LogP contribution in [0.3, 0.4) is 0 Å². The van der Waals surface area contributed by atoms with Gasteiger partial charge >= 0.3 is 0 Å². The summed E-state index contributed by atoms with van der Waals surface area (Å²) in [5.74, 6) is 1.41. The van der Waals surface area contributed by atoms with Crippen LogP contribution in [0.1, 0.15) is 32.5 Å². The Labute approximate surface area is 165 Å². The average molecular weight is 380 g/mol. The maximum atomic E-state index is 12.8. The highest BCUT2D eigenvalue weighted by Crippen LogP contribution is 2.19. The number of amides is 1. The Morgan fingerprint density at radius 3 is 2.46 bits per heavy atom. The van der Waals surface area contributed by atoms with Crippen LogP contribution in [0.2, 0.25) is 0 Å². The van der Waals surface area contributed by atoms with Gasteiger partial charge in [0.1, 0.15) is 24.7 Å². The van der Waals surface area contributed by atoms with E-state index in [1.54, 1.807) is 0 Å². The van der Waals surface area contributed by atoms with Crippen molar-refractivity contribution < 1.29 is 9.53 Å². The normalized spacial score (nSPS) is 11.5. The first-order valence-electron chi connectivity index (χ1n) is 9.74. The van der Waals surface area contributed by atoms with E-state index in [2.05, 4.69) is 10.3 Å². The lowest BCUT2D eigenvalue weighted by atomic mass is 9.93. The largest absolute Gasteiger partial charge is 0.486 e. The molecule has 0 fully saturated rings. The van der Waals surface area contributed by atoms with Crippen molar-refractivity contribution in [3.8, 4) is 5.75 Å². The van der Waals surface area contributed by atoms with Crippen LogP contribution in [-0.4, -0.2) is 27.5 Å². The molecule has 0 radical (unpaired) electrons. The number of aromatic nitrogens is 2. The molecule has 1 aromatic heterocycles. The van der Waals surface area contributed by atoms with Gasteiger partial charge in [-0.25, -0.2) is 4.98 Å². The number of carbonyl (C=O) groups is 1. The Kier molecular flexibility index (Phi) is 6.31. The van der Waals surface area contributed by atoms with Crippen molar-refractivity contribution in [3.63, 3.8) is 0 Å². The Hall–Kier alpha value is -2.86. The van der Waals surface area contributed by atoms with E-state index in [0.29, 0.717) is 12.4 Å². The van der Waals surface area contributed by atoms with Crippen molar-refractivity contribution in [2.75, 3.05) is 6.54 Å². The van der Waals surface area contributed by atoms with E-state index in [4.69, 9.17) is 10.5 Å². The van der Waals surface area contributed by atoms with Gasteiger partial charge in [-0.1, -0.05) is 44.2 Å². The van der Waals surface area contributed by atoms with E-state index < -0.39 is 0 Å². The highest BCUT2D eigenvalue weighted by atomic mass is 16.5. The summed E-state index contributed by atoms with van der Waals surface area (Å²) in [5.41, 5.74) is 7.32. The van der Waals surface area contributed by atoms with Crippen LogP contribution >= 0.6 is 0 Å². The van der Waals surface area contributed by atoms with E-state index in [1.807, 2.05) is 73.0 Å². The average Bonchev–Trinajstić information content (AvgIpc) is 3.09. The molecule has 0 saturated heterocycles. The molecular weight excluding hydrogens is 352 g/mol. The number of para-hydroxylation sites is 3. The second kappa shape index (κ2) is 8.89. The number of hydrogen-bond acceptors (Lipinski definition) is 4. The molecule has 0 unspecified atom stereocenters. The lowest BCUT2D eigenvalue weighted by Gasteiger charge is -2.31. The van der Waals surface area contributed by atoms with Gasteiger partial charge in [-0.3, -0.25) is 4.79 Å². The zero-order valence-electron chi connectivity index (χ0n) is 16.5. The minimum Gasteiger partial charge on any atom is -0.486 e. The van der Waals surface area contributed by atoms with Gasteiger partial charge in [0.15, 0.2) is 0 Å². The SMILES string of the molecule is CCC(CC)(CN)NC(=O)Cn1c(COc2ccccc2)nc2ccccc21. The predicted octanol–water partition coefficient (Wildman–Crippen LogP) is 3.25. The topological polar surface area (TPSA) is 82.2 Å². The third-order valence-electron chi connectivity index (χ3n) is 5.30. The summed E-state index contributed by atoms with van der Waals surface area (Å²) in [5, 5.41) is 3.13. The highest BCUT2D eigenvalue weighted by molar-refractivity contribution is 5.81. The molecule has 6 heteroatoms. The molecule has 0 spiro atoms. The van der Waals surface area contributed by atoms with Crippen LogP contribution in [-0.2, 0) is 17.9 Å². The summed E-state index contributed by atoms with van der Waals surface area (Å²) in [6.45, 7) is 4.97. The molecule has 1 heterocycles. The minimum absolute atomic E-state index is 0.0711. The van der Waals surface area contributed by atoms with Gasteiger partial charge in [-0.15, -0.1) is 0 Å². The first-order chi connectivity index (χ1) is 13.6. The second-order valence-electron chi connectivity index (χ2n) is 6.94. The van der Waals surface area contributed by atoms with E-state index >= 15 is 0 Å². The summed E-state index contributed by atoms with van der Waals surface area (Å²) in [6, 6.07) is 17.4. The molecule has 0 aliphatic carbocycles. The minimum atomic E-state index is -0.367. The fraction of sp³-hybridized carbons (Fsp3) is 0.364. The van der Waals surface area contributed by atoms with E-state index in [0.717, 1.165) is 29.6 Å². The Morgan fingerprint density at radius 1 is 1.11 bits per heavy atom. The number of hydrogen-bond donors (Lipinski definition) is 2. The van der Waals surface area contributed by atoms with Crippen molar-refractivity contribution in [3.05, 3.63) is 60.4 Å².